The Balaban J connectivity index is 2.28. The molecule has 2 aromatic heterocycles. The lowest BCUT2D eigenvalue weighted by Crippen LogP contribution is -2.11. The number of alkyl halides is 3. The smallest absolute Gasteiger partial charge is 0.396 e. The first-order chi connectivity index (χ1) is 10.3. The Labute approximate surface area is 126 Å². The van der Waals surface area contributed by atoms with E-state index in [1.807, 2.05) is 26.0 Å². The quantitative estimate of drug-likeness (QED) is 0.923. The SMILES string of the molecule is CC(C)c1cccc(Cn2cc(CCO)c(C(F)(F)F)n2)n1. The minimum Gasteiger partial charge on any atom is -0.396 e. The first-order valence-electron chi connectivity index (χ1n) is 7.01. The molecule has 0 bridgehead atoms. The lowest BCUT2D eigenvalue weighted by Gasteiger charge is -2.07. The van der Waals surface area contributed by atoms with Crippen LogP contribution in [-0.4, -0.2) is 26.5 Å². The average molecular weight is 313 g/mol. The molecule has 0 unspecified atom stereocenters. The lowest BCUT2D eigenvalue weighted by molar-refractivity contribution is -0.142. The van der Waals surface area contributed by atoms with E-state index in [9.17, 15) is 13.2 Å². The molecular weight excluding hydrogens is 295 g/mol. The Morgan fingerprint density at radius 3 is 2.59 bits per heavy atom. The van der Waals surface area contributed by atoms with Crippen molar-refractivity contribution in [3.8, 4) is 0 Å². The Hall–Kier alpha value is -1.89. The second kappa shape index (κ2) is 6.48. The monoisotopic (exact) mass is 313 g/mol. The number of aliphatic hydroxyl groups excluding tert-OH is 1. The minimum absolute atomic E-state index is 0.00462. The van der Waals surface area contributed by atoms with E-state index in [1.165, 1.54) is 10.9 Å². The molecule has 0 radical (unpaired) electrons. The molecule has 0 aromatic carbocycles. The molecule has 0 aliphatic carbocycles. The van der Waals surface area contributed by atoms with Crippen molar-refractivity contribution in [1.82, 2.24) is 14.8 Å². The fourth-order valence-electron chi connectivity index (χ4n) is 2.16. The summed E-state index contributed by atoms with van der Waals surface area (Å²) in [5.41, 5.74) is 0.589. The van der Waals surface area contributed by atoms with Crippen LogP contribution in [0.2, 0.25) is 0 Å². The number of hydrogen-bond donors (Lipinski definition) is 1. The number of aromatic nitrogens is 3. The molecule has 0 saturated heterocycles. The van der Waals surface area contributed by atoms with Crippen molar-refractivity contribution >= 4 is 0 Å². The lowest BCUT2D eigenvalue weighted by atomic mass is 10.1. The molecule has 0 aliphatic heterocycles. The number of hydrogen-bond acceptors (Lipinski definition) is 3. The molecule has 4 nitrogen and oxygen atoms in total. The summed E-state index contributed by atoms with van der Waals surface area (Å²) in [5, 5.41) is 12.5. The number of nitrogens with zero attached hydrogens (tertiary/aromatic N) is 3. The fourth-order valence-corrected chi connectivity index (χ4v) is 2.16. The van der Waals surface area contributed by atoms with Crippen LogP contribution in [0.1, 0.15) is 42.4 Å². The van der Waals surface area contributed by atoms with E-state index >= 15 is 0 Å². The summed E-state index contributed by atoms with van der Waals surface area (Å²) < 4.78 is 40.0. The van der Waals surface area contributed by atoms with Gasteiger partial charge in [0.15, 0.2) is 5.69 Å². The van der Waals surface area contributed by atoms with Gasteiger partial charge in [-0.2, -0.15) is 18.3 Å². The molecule has 0 spiro atoms. The summed E-state index contributed by atoms with van der Waals surface area (Å²) in [6.07, 6.45) is -3.28. The van der Waals surface area contributed by atoms with Gasteiger partial charge in [-0.05, 0) is 24.5 Å². The van der Waals surface area contributed by atoms with Crippen LogP contribution in [0, 0.1) is 0 Å². The molecule has 2 aromatic rings. The van der Waals surface area contributed by atoms with E-state index in [0.29, 0.717) is 5.69 Å². The Morgan fingerprint density at radius 1 is 1.27 bits per heavy atom. The topological polar surface area (TPSA) is 50.9 Å². The fraction of sp³-hybridized carbons (Fsp3) is 0.467. The normalized spacial score (nSPS) is 12.1. The first-order valence-corrected chi connectivity index (χ1v) is 7.01. The molecule has 22 heavy (non-hydrogen) atoms. The van der Waals surface area contributed by atoms with Crippen LogP contribution in [0.15, 0.2) is 24.4 Å². The number of rotatable bonds is 5. The molecule has 1 N–H and O–H groups in total. The first kappa shape index (κ1) is 16.5. The summed E-state index contributed by atoms with van der Waals surface area (Å²) in [5.74, 6) is 0.244. The van der Waals surface area contributed by atoms with Gasteiger partial charge in [-0.15, -0.1) is 0 Å². The van der Waals surface area contributed by atoms with E-state index in [-0.39, 0.29) is 31.1 Å². The standard InChI is InChI=1S/C15H18F3N3O/c1-10(2)13-5-3-4-12(19-13)9-21-8-11(6-7-22)14(20-21)15(16,17)18/h3-5,8,10,22H,6-7,9H2,1-2H3. The van der Waals surface area contributed by atoms with Crippen molar-refractivity contribution < 1.29 is 18.3 Å². The van der Waals surface area contributed by atoms with E-state index < -0.39 is 11.9 Å². The van der Waals surface area contributed by atoms with Crippen molar-refractivity contribution in [2.45, 2.75) is 38.9 Å². The second-order valence-electron chi connectivity index (χ2n) is 5.38. The maximum atomic E-state index is 12.9. The Kier molecular flexibility index (Phi) is 4.85. The van der Waals surface area contributed by atoms with Gasteiger partial charge in [-0.1, -0.05) is 19.9 Å². The van der Waals surface area contributed by atoms with Gasteiger partial charge in [0.1, 0.15) is 0 Å². The molecule has 0 amide bonds. The highest BCUT2D eigenvalue weighted by atomic mass is 19.4. The van der Waals surface area contributed by atoms with Crippen molar-refractivity contribution in [1.29, 1.82) is 0 Å². The van der Waals surface area contributed by atoms with Gasteiger partial charge in [0, 0.05) is 24.1 Å². The Morgan fingerprint density at radius 2 is 2.00 bits per heavy atom. The van der Waals surface area contributed by atoms with E-state index in [2.05, 4.69) is 10.1 Å². The highest BCUT2D eigenvalue weighted by molar-refractivity contribution is 5.21. The van der Waals surface area contributed by atoms with Gasteiger partial charge < -0.3 is 5.11 Å². The van der Waals surface area contributed by atoms with Crippen molar-refractivity contribution in [2.24, 2.45) is 0 Å². The summed E-state index contributed by atoms with van der Waals surface area (Å²) >= 11 is 0. The van der Waals surface area contributed by atoms with Gasteiger partial charge in [-0.3, -0.25) is 9.67 Å². The molecule has 0 saturated carbocycles. The van der Waals surface area contributed by atoms with Crippen LogP contribution in [-0.2, 0) is 19.1 Å². The summed E-state index contributed by atoms with van der Waals surface area (Å²) in [4.78, 5) is 4.42. The minimum atomic E-state index is -4.52. The van der Waals surface area contributed by atoms with Gasteiger partial charge in [0.2, 0.25) is 0 Å². The van der Waals surface area contributed by atoms with Crippen molar-refractivity contribution in [3.63, 3.8) is 0 Å². The van der Waals surface area contributed by atoms with Crippen molar-refractivity contribution in [2.75, 3.05) is 6.61 Å². The van der Waals surface area contributed by atoms with Crippen molar-refractivity contribution in [3.05, 3.63) is 47.0 Å². The number of aliphatic hydroxyl groups is 1. The van der Waals surface area contributed by atoms with Gasteiger partial charge in [0.25, 0.3) is 0 Å². The van der Waals surface area contributed by atoms with Crippen LogP contribution in [0.4, 0.5) is 13.2 Å². The predicted octanol–water partition coefficient (Wildman–Crippen LogP) is 3.00. The maximum absolute atomic E-state index is 12.9. The van der Waals surface area contributed by atoms with E-state index in [4.69, 9.17) is 5.11 Å². The third-order valence-corrected chi connectivity index (χ3v) is 3.23. The Bertz CT molecular complexity index is 635. The van der Waals surface area contributed by atoms with Crippen LogP contribution >= 0.6 is 0 Å². The zero-order chi connectivity index (χ0) is 16.3. The van der Waals surface area contributed by atoms with Crippen LogP contribution in [0.25, 0.3) is 0 Å². The zero-order valence-corrected chi connectivity index (χ0v) is 12.4. The van der Waals surface area contributed by atoms with Crippen LogP contribution in [0.5, 0.6) is 0 Å². The molecule has 2 heterocycles. The third-order valence-electron chi connectivity index (χ3n) is 3.23. The second-order valence-corrected chi connectivity index (χ2v) is 5.38. The summed E-state index contributed by atoms with van der Waals surface area (Å²) in [6.45, 7) is 3.81. The molecule has 7 heteroatoms. The zero-order valence-electron chi connectivity index (χ0n) is 12.4. The average Bonchev–Trinajstić information content (AvgIpc) is 2.82. The molecule has 120 valence electrons. The molecule has 0 aliphatic rings. The van der Waals surface area contributed by atoms with Gasteiger partial charge in [0.05, 0.1) is 12.2 Å². The highest BCUT2D eigenvalue weighted by Gasteiger charge is 2.36. The summed E-state index contributed by atoms with van der Waals surface area (Å²) in [6, 6.07) is 5.47. The summed E-state index contributed by atoms with van der Waals surface area (Å²) in [7, 11) is 0. The maximum Gasteiger partial charge on any atom is 0.435 e. The van der Waals surface area contributed by atoms with Crippen LogP contribution < -0.4 is 0 Å². The van der Waals surface area contributed by atoms with E-state index in [1.54, 1.807) is 6.07 Å². The van der Waals surface area contributed by atoms with Gasteiger partial charge >= 0.3 is 6.18 Å². The number of pyridine rings is 1. The highest BCUT2D eigenvalue weighted by Crippen LogP contribution is 2.31. The third kappa shape index (κ3) is 3.85. The van der Waals surface area contributed by atoms with Crippen LogP contribution in [0.3, 0.4) is 0 Å². The molecular formula is C15H18F3N3O. The van der Waals surface area contributed by atoms with E-state index in [0.717, 1.165) is 5.69 Å². The molecule has 0 atom stereocenters. The largest absolute Gasteiger partial charge is 0.435 e. The molecule has 2 rings (SSSR count). The predicted molar refractivity (Wildman–Crippen MR) is 75.4 cm³/mol. The van der Waals surface area contributed by atoms with Gasteiger partial charge in [-0.25, -0.2) is 0 Å². The molecule has 0 fully saturated rings. The number of halogens is 3.